The highest BCUT2D eigenvalue weighted by Crippen LogP contribution is 2.42. The molecule has 216 valence electrons. The molecule has 0 aliphatic carbocycles. The third-order valence-corrected chi connectivity index (χ3v) is 7.70. The highest BCUT2D eigenvalue weighted by atomic mass is 31.2. The first-order valence-corrected chi connectivity index (χ1v) is 16.3. The number of benzene rings is 1. The van der Waals surface area contributed by atoms with Gasteiger partial charge in [0.25, 0.3) is 0 Å². The number of unbranched alkanes of at least 4 members (excludes halogenated alkanes) is 15. The molecule has 1 N–H and O–H groups in total. The second-order valence-corrected chi connectivity index (χ2v) is 11.7. The zero-order valence-corrected chi connectivity index (χ0v) is 24.8. The van der Waals surface area contributed by atoms with Gasteiger partial charge in [-0.3, -0.25) is 9.05 Å². The van der Waals surface area contributed by atoms with E-state index in [9.17, 15) is 9.46 Å². The first-order chi connectivity index (χ1) is 18.0. The van der Waals surface area contributed by atoms with Crippen LogP contribution >= 0.6 is 7.82 Å². The average molecular weight is 543 g/mol. The van der Waals surface area contributed by atoms with Crippen molar-refractivity contribution in [1.29, 1.82) is 0 Å². The van der Waals surface area contributed by atoms with Crippen molar-refractivity contribution in [3.05, 3.63) is 35.9 Å². The summed E-state index contributed by atoms with van der Waals surface area (Å²) in [6.45, 7) is 5.11. The van der Waals surface area contributed by atoms with Gasteiger partial charge in [-0.1, -0.05) is 134 Å². The van der Waals surface area contributed by atoms with E-state index in [1.807, 2.05) is 37.3 Å². The Hall–Kier alpha value is -0.750. The molecule has 0 aliphatic heterocycles. The topological polar surface area (TPSA) is 74.2 Å². The van der Waals surface area contributed by atoms with Crippen molar-refractivity contribution in [3.8, 4) is 0 Å². The Labute approximate surface area is 227 Å². The Balaban J connectivity index is 2.06. The Bertz CT molecular complexity index is 671. The van der Waals surface area contributed by atoms with Gasteiger partial charge in [0.05, 0.1) is 19.3 Å². The number of phosphoric acid groups is 1. The SMILES string of the molecule is CCCCCCCCCCCCCCCCCCOC[C@H](COP(=O)(O)OC)OC(C)c1ccccc1. The zero-order valence-electron chi connectivity index (χ0n) is 23.9. The second-order valence-electron chi connectivity index (χ2n) is 10.1. The lowest BCUT2D eigenvalue weighted by atomic mass is 10.0. The van der Waals surface area contributed by atoms with Crippen molar-refractivity contribution < 1.29 is 28.0 Å². The molecular formula is C30H55O6P. The molecule has 0 aliphatic rings. The van der Waals surface area contributed by atoms with Crippen LogP contribution in [-0.4, -0.2) is 37.9 Å². The lowest BCUT2D eigenvalue weighted by Gasteiger charge is -2.23. The van der Waals surface area contributed by atoms with Crippen molar-refractivity contribution >= 4 is 7.82 Å². The molecule has 0 radical (unpaired) electrons. The van der Waals surface area contributed by atoms with Gasteiger partial charge in [-0.05, 0) is 18.9 Å². The number of hydrogen-bond acceptors (Lipinski definition) is 5. The summed E-state index contributed by atoms with van der Waals surface area (Å²) in [5.41, 5.74) is 1.03. The van der Waals surface area contributed by atoms with E-state index in [-0.39, 0.29) is 12.7 Å². The Morgan fingerprint density at radius 3 is 1.73 bits per heavy atom. The molecule has 0 aromatic heterocycles. The molecule has 0 saturated carbocycles. The standard InChI is InChI=1S/C30H55O6P/c1-4-5-6-7-8-9-10-11-12-13-14-15-16-17-18-22-25-34-26-30(27-35-37(31,32)33-3)36-28(2)29-23-20-19-21-24-29/h19-21,23-24,28,30H,4-18,22,25-27H2,1-3H3,(H,31,32)/t28?,30-/m1/s1. The third-order valence-electron chi connectivity index (χ3n) is 6.77. The summed E-state index contributed by atoms with van der Waals surface area (Å²) < 4.78 is 33.2. The van der Waals surface area contributed by atoms with Crippen LogP contribution < -0.4 is 0 Å². The maximum absolute atomic E-state index is 11.7. The van der Waals surface area contributed by atoms with E-state index < -0.39 is 13.9 Å². The molecule has 1 aromatic rings. The van der Waals surface area contributed by atoms with Gasteiger partial charge in [-0.15, -0.1) is 0 Å². The fraction of sp³-hybridized carbons (Fsp3) is 0.800. The van der Waals surface area contributed by atoms with Crippen LogP contribution in [0.4, 0.5) is 0 Å². The van der Waals surface area contributed by atoms with E-state index >= 15 is 0 Å². The molecule has 0 spiro atoms. The van der Waals surface area contributed by atoms with Gasteiger partial charge in [0.1, 0.15) is 6.10 Å². The van der Waals surface area contributed by atoms with Gasteiger partial charge in [0.2, 0.25) is 0 Å². The normalized spacial score (nSPS) is 14.9. The smallest absolute Gasteiger partial charge is 0.379 e. The van der Waals surface area contributed by atoms with Crippen molar-refractivity contribution in [2.24, 2.45) is 0 Å². The Morgan fingerprint density at radius 1 is 0.757 bits per heavy atom. The van der Waals surface area contributed by atoms with Gasteiger partial charge in [0, 0.05) is 13.7 Å². The molecule has 2 unspecified atom stereocenters. The molecule has 0 heterocycles. The maximum atomic E-state index is 11.7. The van der Waals surface area contributed by atoms with Crippen LogP contribution in [0.1, 0.15) is 128 Å². The molecule has 1 aromatic carbocycles. The number of ether oxygens (including phenoxy) is 2. The van der Waals surface area contributed by atoms with Crippen molar-refractivity contribution in [2.75, 3.05) is 26.9 Å². The number of phosphoric ester groups is 1. The second kappa shape index (κ2) is 23.2. The van der Waals surface area contributed by atoms with E-state index in [1.54, 1.807) is 0 Å². The summed E-state index contributed by atoms with van der Waals surface area (Å²) in [7, 11) is -2.91. The predicted octanol–water partition coefficient (Wildman–Crippen LogP) is 9.17. The quantitative estimate of drug-likeness (QED) is 0.0929. The number of hydrogen-bond donors (Lipinski definition) is 1. The molecule has 7 heteroatoms. The lowest BCUT2D eigenvalue weighted by molar-refractivity contribution is -0.0737. The minimum atomic E-state index is -4.06. The monoisotopic (exact) mass is 542 g/mol. The van der Waals surface area contributed by atoms with E-state index in [0.29, 0.717) is 13.2 Å². The summed E-state index contributed by atoms with van der Waals surface area (Å²) in [6, 6.07) is 9.86. The molecular weight excluding hydrogens is 487 g/mol. The fourth-order valence-corrected chi connectivity index (χ4v) is 4.88. The molecule has 3 atom stereocenters. The van der Waals surface area contributed by atoms with Crippen LogP contribution in [0.3, 0.4) is 0 Å². The molecule has 1 rings (SSSR count). The van der Waals surface area contributed by atoms with E-state index in [1.165, 1.54) is 89.9 Å². The van der Waals surface area contributed by atoms with E-state index in [2.05, 4.69) is 11.4 Å². The van der Waals surface area contributed by atoms with E-state index in [0.717, 1.165) is 25.5 Å². The summed E-state index contributed by atoms with van der Waals surface area (Å²) in [5.74, 6) is 0. The minimum absolute atomic E-state index is 0.0717. The summed E-state index contributed by atoms with van der Waals surface area (Å²) in [6.07, 6.45) is 20.8. The van der Waals surface area contributed by atoms with Gasteiger partial charge in [-0.25, -0.2) is 4.57 Å². The molecule has 0 bridgehead atoms. The van der Waals surface area contributed by atoms with Crippen molar-refractivity contribution in [3.63, 3.8) is 0 Å². The summed E-state index contributed by atoms with van der Waals surface area (Å²) >= 11 is 0. The summed E-state index contributed by atoms with van der Waals surface area (Å²) in [4.78, 5) is 9.57. The molecule has 0 fully saturated rings. The van der Waals surface area contributed by atoms with Crippen LogP contribution in [0.15, 0.2) is 30.3 Å². The molecule has 6 nitrogen and oxygen atoms in total. The van der Waals surface area contributed by atoms with Gasteiger partial charge >= 0.3 is 7.82 Å². The van der Waals surface area contributed by atoms with Crippen LogP contribution in [0.5, 0.6) is 0 Å². The molecule has 37 heavy (non-hydrogen) atoms. The van der Waals surface area contributed by atoms with Crippen molar-refractivity contribution in [2.45, 2.75) is 129 Å². The van der Waals surface area contributed by atoms with Crippen LogP contribution in [-0.2, 0) is 23.1 Å². The van der Waals surface area contributed by atoms with Crippen LogP contribution in [0.25, 0.3) is 0 Å². The highest BCUT2D eigenvalue weighted by Gasteiger charge is 2.23. The maximum Gasteiger partial charge on any atom is 0.472 e. The van der Waals surface area contributed by atoms with Crippen LogP contribution in [0, 0.1) is 0 Å². The average Bonchev–Trinajstić information content (AvgIpc) is 2.91. The van der Waals surface area contributed by atoms with Gasteiger partial charge in [-0.2, -0.15) is 0 Å². The number of rotatable bonds is 26. The van der Waals surface area contributed by atoms with Crippen LogP contribution in [0.2, 0.25) is 0 Å². The minimum Gasteiger partial charge on any atom is -0.379 e. The molecule has 0 amide bonds. The molecule has 0 saturated heterocycles. The Kier molecular flexibility index (Phi) is 21.5. The third kappa shape index (κ3) is 19.9. The van der Waals surface area contributed by atoms with E-state index in [4.69, 9.17) is 14.0 Å². The first-order valence-electron chi connectivity index (χ1n) is 14.8. The lowest BCUT2D eigenvalue weighted by Crippen LogP contribution is -2.27. The van der Waals surface area contributed by atoms with Gasteiger partial charge < -0.3 is 14.4 Å². The zero-order chi connectivity index (χ0) is 27.0. The van der Waals surface area contributed by atoms with Gasteiger partial charge in [0.15, 0.2) is 0 Å². The summed E-state index contributed by atoms with van der Waals surface area (Å²) in [5, 5.41) is 0. The highest BCUT2D eigenvalue weighted by molar-refractivity contribution is 7.47. The first kappa shape index (κ1) is 34.3. The fourth-order valence-electron chi connectivity index (χ4n) is 4.42. The largest absolute Gasteiger partial charge is 0.472 e. The predicted molar refractivity (Wildman–Crippen MR) is 153 cm³/mol. The van der Waals surface area contributed by atoms with Crippen molar-refractivity contribution in [1.82, 2.24) is 0 Å². The Morgan fingerprint density at radius 2 is 1.24 bits per heavy atom.